The van der Waals surface area contributed by atoms with Crippen molar-refractivity contribution in [2.75, 3.05) is 6.50 Å². The minimum Gasteiger partial charge on any atom is -0.444 e. The van der Waals surface area contributed by atoms with Crippen molar-refractivity contribution < 1.29 is 20.5 Å². The summed E-state index contributed by atoms with van der Waals surface area (Å²) in [5.74, 6) is 1.84. The van der Waals surface area contributed by atoms with Gasteiger partial charge in [0.1, 0.15) is 28.9 Å². The molecule has 0 saturated carbocycles. The van der Waals surface area contributed by atoms with Gasteiger partial charge in [-0.3, -0.25) is 4.90 Å². The van der Waals surface area contributed by atoms with E-state index in [4.69, 9.17) is 13.0 Å². The molecule has 2 N–H and O–H groups in total. The zero-order valence-corrected chi connectivity index (χ0v) is 32.9. The summed E-state index contributed by atoms with van der Waals surface area (Å²) in [6.07, 6.45) is 6.73. The van der Waals surface area contributed by atoms with Gasteiger partial charge in [0, 0.05) is 65.5 Å². The van der Waals surface area contributed by atoms with E-state index in [0.717, 1.165) is 37.1 Å². The first-order valence-electron chi connectivity index (χ1n) is 22.9. The number of aryl methyl sites for hydroxylation is 2. The Morgan fingerprint density at radius 3 is 1.85 bits per heavy atom. The summed E-state index contributed by atoms with van der Waals surface area (Å²) in [5, 5.41) is 22.9. The van der Waals surface area contributed by atoms with Crippen molar-refractivity contribution in [2.24, 2.45) is 0 Å². The summed E-state index contributed by atoms with van der Waals surface area (Å²) < 4.78 is 74.7. The molecule has 3 aromatic rings. The van der Waals surface area contributed by atoms with Crippen LogP contribution in [0, 0.1) is 13.7 Å². The molecule has 2 aromatic heterocycles. The lowest BCUT2D eigenvalue weighted by Crippen LogP contribution is -2.45. The van der Waals surface area contributed by atoms with E-state index in [2.05, 4.69) is 31.0 Å². The summed E-state index contributed by atoms with van der Waals surface area (Å²) in [6, 6.07) is 9.84. The number of hydrogen-bond acceptors (Lipinski definition) is 8. The largest absolute Gasteiger partial charge is 0.444 e. The normalized spacial score (nSPS) is 29.2. The number of rotatable bonds is 9. The van der Waals surface area contributed by atoms with Gasteiger partial charge in [-0.15, -0.1) is 20.4 Å². The molecule has 4 bridgehead atoms. The fraction of sp³-hybridized carbons (Fsp3) is 0.725. The third-order valence-corrected chi connectivity index (χ3v) is 10.7. The topological polar surface area (TPSA) is 115 Å². The van der Waals surface area contributed by atoms with Crippen LogP contribution in [-0.4, -0.2) is 76.8 Å². The second kappa shape index (κ2) is 17.0. The van der Waals surface area contributed by atoms with E-state index < -0.39 is 37.9 Å². The maximum atomic E-state index is 12.7. The zero-order chi connectivity index (χ0) is 43.2. The number of piperidine rings is 2. The third-order valence-electron chi connectivity index (χ3n) is 10.7. The van der Waals surface area contributed by atoms with Crippen LogP contribution in [0.25, 0.3) is 0 Å². The molecule has 4 unspecified atom stereocenters. The summed E-state index contributed by atoms with van der Waals surface area (Å²) in [6.45, 7) is 7.15. The highest BCUT2D eigenvalue weighted by atomic mass is 32.1. The average Bonchev–Trinajstić information content (AvgIpc) is 3.91. The van der Waals surface area contributed by atoms with Gasteiger partial charge >= 0.3 is 6.09 Å². The predicted molar refractivity (Wildman–Crippen MR) is 211 cm³/mol. The summed E-state index contributed by atoms with van der Waals surface area (Å²) in [5.41, 5.74) is 0.137. The molecule has 0 aliphatic carbocycles. The number of benzene rings is 1. The van der Waals surface area contributed by atoms with Crippen LogP contribution >= 0.6 is 13.5 Å². The molecular formula is C40H65N9O2S. The molecule has 0 spiro atoms. The van der Waals surface area contributed by atoms with Crippen molar-refractivity contribution in [1.82, 2.24) is 45.1 Å². The number of aromatic nitrogens is 6. The van der Waals surface area contributed by atoms with E-state index in [0.29, 0.717) is 30.7 Å². The molecule has 1 amide bonds. The summed E-state index contributed by atoms with van der Waals surface area (Å²) in [7, 11) is 0. The highest BCUT2D eigenvalue weighted by Crippen LogP contribution is 2.42. The fourth-order valence-corrected chi connectivity index (χ4v) is 8.55. The number of amides is 1. The van der Waals surface area contributed by atoms with E-state index in [9.17, 15) is 7.54 Å². The van der Waals surface area contributed by atoms with Gasteiger partial charge in [-0.25, -0.2) is 4.79 Å². The molecule has 4 aliphatic rings. The van der Waals surface area contributed by atoms with Crippen LogP contribution in [0.2, 0.25) is 0 Å². The first kappa shape index (κ1) is 30.4. The van der Waals surface area contributed by atoms with Gasteiger partial charge < -0.3 is 24.5 Å². The molecule has 4 fully saturated rings. The molecule has 11 nitrogen and oxygen atoms in total. The maximum absolute atomic E-state index is 12.7. The van der Waals surface area contributed by atoms with E-state index in [-0.39, 0.29) is 67.6 Å². The Kier molecular flexibility index (Phi) is 9.94. The van der Waals surface area contributed by atoms with E-state index in [1.54, 1.807) is 20.8 Å². The Morgan fingerprint density at radius 2 is 1.37 bits per heavy atom. The molecule has 1 aromatic carbocycles. The predicted octanol–water partition coefficient (Wildman–Crippen LogP) is 7.81. The lowest BCUT2D eigenvalue weighted by atomic mass is 9.95. The molecule has 0 radical (unpaired) electrons. The average molecular weight is 744 g/mol. The number of fused-ring (bicyclic) bond motifs is 4. The monoisotopic (exact) mass is 744 g/mol. The number of carbonyl (C=O) groups is 1. The smallest absolute Gasteiger partial charge is 0.408 e. The van der Waals surface area contributed by atoms with Crippen LogP contribution in [0.3, 0.4) is 0 Å². The molecule has 4 saturated heterocycles. The Labute approximate surface area is 330 Å². The van der Waals surface area contributed by atoms with Crippen molar-refractivity contribution in [3.05, 3.63) is 59.2 Å². The lowest BCUT2D eigenvalue weighted by Gasteiger charge is -2.40. The minimum absolute atomic E-state index is 0. The number of nitrogens with zero attached hydrogens (tertiary/aromatic N) is 7. The first-order chi connectivity index (χ1) is 27.4. The van der Waals surface area contributed by atoms with E-state index in [1.807, 2.05) is 72.1 Å². The van der Waals surface area contributed by atoms with Crippen molar-refractivity contribution in [1.29, 1.82) is 0 Å². The fourth-order valence-electron chi connectivity index (χ4n) is 8.55. The molecule has 12 heteroatoms. The number of hydrogen-bond donors (Lipinski definition) is 2. The second-order valence-electron chi connectivity index (χ2n) is 16.5. The van der Waals surface area contributed by atoms with Gasteiger partial charge in [-0.05, 0) is 97.8 Å². The van der Waals surface area contributed by atoms with Gasteiger partial charge in [0.2, 0.25) is 0 Å². The number of ether oxygens (including phenoxy) is 1. The Morgan fingerprint density at radius 1 is 0.846 bits per heavy atom. The van der Waals surface area contributed by atoms with Gasteiger partial charge in [0.05, 0.1) is 6.04 Å². The molecule has 7 rings (SSSR count). The van der Waals surface area contributed by atoms with Gasteiger partial charge in [-0.2, -0.15) is 13.5 Å². The highest BCUT2D eigenvalue weighted by molar-refractivity contribution is 7.59. The third kappa shape index (κ3) is 9.39. The van der Waals surface area contributed by atoms with Gasteiger partial charge in [0.15, 0.2) is 0 Å². The maximum Gasteiger partial charge on any atom is 0.408 e. The molecular weight excluding hydrogens is 671 g/mol. The van der Waals surface area contributed by atoms with Crippen molar-refractivity contribution in [3.8, 4) is 0 Å². The van der Waals surface area contributed by atoms with Crippen LogP contribution < -0.4 is 10.6 Å². The SMILES string of the molecule is S.[2H]C([2H])([2H])c1nnc(C(C)C)n1C1CC2CCC(C1)N2.[2H]C([2H])([2H])c1nnc(C(C)C)n1C1CC2CCC(C1)N2C([2H])([2H])C[C@H](NC(=O)OC(C)(C)C)c1ccccc1. The molecule has 52 heavy (non-hydrogen) atoms. The van der Waals surface area contributed by atoms with Gasteiger partial charge in [-0.1, -0.05) is 58.0 Å². The summed E-state index contributed by atoms with van der Waals surface area (Å²) in [4.78, 5) is 14.7. The lowest BCUT2D eigenvalue weighted by molar-refractivity contribution is 0.0488. The quantitative estimate of drug-likeness (QED) is 0.228. The zero-order valence-electron chi connectivity index (χ0n) is 39.9. The standard InChI is InChI=1S/C27H41N5O2.C13H22N4.H2S/c1-18(2)25-30-29-19(3)32(25)23-16-21-12-13-22(17-23)31(21)15-14-24(20-10-8-7-9-11-20)28-26(33)34-27(4,5)6;1-8(2)13-16-15-9(3)17(13)12-6-10-4-5-11(7-12)14-10;/h7-11,18,21-24H,12-17H2,1-6H3,(H,28,33);8,10-12,14H,4-7H2,1-3H3;1H2/t21?,22?,23?,24-;;/m0../s1/i3D3,15D2;3D3;. The van der Waals surface area contributed by atoms with Crippen molar-refractivity contribution in [2.45, 2.75) is 180 Å². The Hall–Kier alpha value is -2.96. The second-order valence-corrected chi connectivity index (χ2v) is 16.5. The number of carbonyl (C=O) groups excluding carboxylic acids is 1. The minimum atomic E-state index is -2.37. The summed E-state index contributed by atoms with van der Waals surface area (Å²) >= 11 is 0. The Bertz CT molecular complexity index is 1870. The van der Waals surface area contributed by atoms with Crippen molar-refractivity contribution >= 4 is 19.6 Å². The number of nitrogens with one attached hydrogen (secondary N) is 2. The molecule has 6 heterocycles. The van der Waals surface area contributed by atoms with Gasteiger partial charge in [0.25, 0.3) is 0 Å². The van der Waals surface area contributed by atoms with Crippen molar-refractivity contribution in [3.63, 3.8) is 0 Å². The molecule has 288 valence electrons. The molecule has 4 aliphatic heterocycles. The van der Waals surface area contributed by atoms with Crippen LogP contribution in [0.4, 0.5) is 4.79 Å². The van der Waals surface area contributed by atoms with Crippen LogP contribution in [0.5, 0.6) is 0 Å². The number of alkyl carbamates (subject to hydrolysis) is 1. The Balaban J connectivity index is 0.000000272. The van der Waals surface area contributed by atoms with Crippen LogP contribution in [0.1, 0.15) is 176 Å². The first-order valence-corrected chi connectivity index (χ1v) is 18.9. The molecule has 5 atom stereocenters. The van der Waals surface area contributed by atoms with E-state index >= 15 is 0 Å². The highest BCUT2D eigenvalue weighted by Gasteiger charge is 2.42. The van der Waals surface area contributed by atoms with Crippen LogP contribution in [0.15, 0.2) is 30.3 Å². The van der Waals surface area contributed by atoms with Crippen LogP contribution in [-0.2, 0) is 4.74 Å². The van der Waals surface area contributed by atoms with E-state index in [1.165, 1.54) is 12.8 Å².